The number of carbonyl (C=O) groups is 1. The van der Waals surface area contributed by atoms with Gasteiger partial charge in [-0.15, -0.1) is 0 Å². The van der Waals surface area contributed by atoms with Crippen LogP contribution in [0, 0.1) is 5.41 Å². The monoisotopic (exact) mass is 219 g/mol. The number of aliphatic carboxylic acids is 1. The molecule has 1 unspecified atom stereocenters. The second-order valence-electron chi connectivity index (χ2n) is 5.22. The molecule has 3 heteroatoms. The summed E-state index contributed by atoms with van der Waals surface area (Å²) in [6.45, 7) is 6.01. The number of nitrogens with zero attached hydrogens (tertiary/aromatic N) is 1. The lowest BCUT2D eigenvalue weighted by Crippen LogP contribution is -2.55. The van der Waals surface area contributed by atoms with Gasteiger partial charge in [0.25, 0.3) is 0 Å². The fraction of sp³-hybridized carbons (Fsp3) is 0.462. The Morgan fingerprint density at radius 2 is 1.88 bits per heavy atom. The van der Waals surface area contributed by atoms with E-state index in [1.165, 1.54) is 0 Å². The summed E-state index contributed by atoms with van der Waals surface area (Å²) in [6.07, 6.45) is 0. The summed E-state index contributed by atoms with van der Waals surface area (Å²) in [5.74, 6) is -0.762. The minimum atomic E-state index is -0.762. The van der Waals surface area contributed by atoms with Crippen molar-refractivity contribution in [3.8, 4) is 0 Å². The molecule has 0 amide bonds. The molecule has 16 heavy (non-hydrogen) atoms. The van der Waals surface area contributed by atoms with Crippen LogP contribution in [-0.4, -0.2) is 29.1 Å². The molecular formula is C13H17NO2. The van der Waals surface area contributed by atoms with E-state index in [2.05, 4.69) is 13.8 Å². The van der Waals surface area contributed by atoms with E-state index in [0.717, 1.165) is 18.7 Å². The Morgan fingerprint density at radius 1 is 1.31 bits per heavy atom. The SMILES string of the molecule is CC1(C)CN(C(C(=O)O)c2ccccc2)C1. The standard InChI is InChI=1S/C13H17NO2/c1-13(2)8-14(9-13)11(12(15)16)10-6-4-3-5-7-10/h3-7,11H,8-9H2,1-2H3,(H,15,16). The van der Waals surface area contributed by atoms with Gasteiger partial charge in [0.05, 0.1) is 0 Å². The minimum Gasteiger partial charge on any atom is -0.480 e. The molecule has 0 radical (unpaired) electrons. The van der Waals surface area contributed by atoms with Crippen LogP contribution in [0.4, 0.5) is 0 Å². The fourth-order valence-corrected chi connectivity index (χ4v) is 2.38. The highest BCUT2D eigenvalue weighted by molar-refractivity contribution is 5.75. The maximum atomic E-state index is 11.3. The largest absolute Gasteiger partial charge is 0.480 e. The van der Waals surface area contributed by atoms with E-state index < -0.39 is 12.0 Å². The Hall–Kier alpha value is -1.35. The van der Waals surface area contributed by atoms with E-state index in [1.807, 2.05) is 35.2 Å². The molecular weight excluding hydrogens is 202 g/mol. The Kier molecular flexibility index (Phi) is 2.72. The third-order valence-electron chi connectivity index (χ3n) is 2.98. The van der Waals surface area contributed by atoms with Crippen molar-refractivity contribution in [3.05, 3.63) is 35.9 Å². The molecule has 1 aromatic rings. The Morgan fingerprint density at radius 3 is 2.31 bits per heavy atom. The zero-order chi connectivity index (χ0) is 11.8. The lowest BCUT2D eigenvalue weighted by molar-refractivity contribution is -0.148. The number of carboxylic acid groups (broad SMARTS) is 1. The summed E-state index contributed by atoms with van der Waals surface area (Å²) in [5, 5.41) is 9.29. The zero-order valence-electron chi connectivity index (χ0n) is 9.68. The molecule has 1 saturated heterocycles. The van der Waals surface area contributed by atoms with Gasteiger partial charge in [-0.2, -0.15) is 0 Å². The highest BCUT2D eigenvalue weighted by atomic mass is 16.4. The first-order valence-corrected chi connectivity index (χ1v) is 5.51. The van der Waals surface area contributed by atoms with Gasteiger partial charge in [0.2, 0.25) is 0 Å². The summed E-state index contributed by atoms with van der Waals surface area (Å²) in [7, 11) is 0. The van der Waals surface area contributed by atoms with Crippen molar-refractivity contribution in [1.29, 1.82) is 0 Å². The average molecular weight is 219 g/mol. The van der Waals surface area contributed by atoms with Crippen LogP contribution in [0.2, 0.25) is 0 Å². The molecule has 1 atom stereocenters. The quantitative estimate of drug-likeness (QED) is 0.846. The van der Waals surface area contributed by atoms with Crippen LogP contribution in [0.15, 0.2) is 30.3 Å². The van der Waals surface area contributed by atoms with Crippen molar-refractivity contribution in [2.45, 2.75) is 19.9 Å². The number of hydrogen-bond acceptors (Lipinski definition) is 2. The Balaban J connectivity index is 2.17. The Bertz CT molecular complexity index is 378. The smallest absolute Gasteiger partial charge is 0.325 e. The first-order valence-electron chi connectivity index (χ1n) is 5.51. The van der Waals surface area contributed by atoms with E-state index in [1.54, 1.807) is 0 Å². The average Bonchev–Trinajstić information content (AvgIpc) is 2.16. The van der Waals surface area contributed by atoms with Gasteiger partial charge in [-0.05, 0) is 11.0 Å². The molecule has 0 bridgehead atoms. The van der Waals surface area contributed by atoms with Gasteiger partial charge >= 0.3 is 5.97 Å². The zero-order valence-corrected chi connectivity index (χ0v) is 9.68. The van der Waals surface area contributed by atoms with Crippen molar-refractivity contribution in [3.63, 3.8) is 0 Å². The molecule has 1 aromatic carbocycles. The predicted molar refractivity (Wildman–Crippen MR) is 62.2 cm³/mol. The lowest BCUT2D eigenvalue weighted by Gasteiger charge is -2.48. The van der Waals surface area contributed by atoms with Gasteiger partial charge in [0.15, 0.2) is 0 Å². The number of likely N-dealkylation sites (tertiary alicyclic amines) is 1. The van der Waals surface area contributed by atoms with Gasteiger partial charge < -0.3 is 5.11 Å². The summed E-state index contributed by atoms with van der Waals surface area (Å²) in [5.41, 5.74) is 1.12. The maximum Gasteiger partial charge on any atom is 0.325 e. The molecule has 1 aliphatic rings. The molecule has 0 spiro atoms. The molecule has 1 heterocycles. The normalized spacial score (nSPS) is 21.1. The number of rotatable bonds is 3. The van der Waals surface area contributed by atoms with Crippen LogP contribution in [-0.2, 0) is 4.79 Å². The van der Waals surface area contributed by atoms with E-state index in [0.29, 0.717) is 0 Å². The van der Waals surface area contributed by atoms with Crippen molar-refractivity contribution >= 4 is 5.97 Å². The summed E-state index contributed by atoms with van der Waals surface area (Å²) in [4.78, 5) is 13.3. The fourth-order valence-electron chi connectivity index (χ4n) is 2.38. The second-order valence-corrected chi connectivity index (χ2v) is 5.22. The van der Waals surface area contributed by atoms with E-state index in [9.17, 15) is 9.90 Å². The van der Waals surface area contributed by atoms with Gasteiger partial charge in [0, 0.05) is 13.1 Å². The summed E-state index contributed by atoms with van der Waals surface area (Å²) >= 11 is 0. The van der Waals surface area contributed by atoms with Crippen molar-refractivity contribution in [2.24, 2.45) is 5.41 Å². The lowest BCUT2D eigenvalue weighted by atomic mass is 9.82. The molecule has 0 saturated carbocycles. The molecule has 1 N–H and O–H groups in total. The van der Waals surface area contributed by atoms with Gasteiger partial charge in [-0.1, -0.05) is 44.2 Å². The topological polar surface area (TPSA) is 40.5 Å². The molecule has 2 rings (SSSR count). The van der Waals surface area contributed by atoms with Crippen LogP contribution < -0.4 is 0 Å². The van der Waals surface area contributed by atoms with Crippen LogP contribution in [0.5, 0.6) is 0 Å². The van der Waals surface area contributed by atoms with E-state index >= 15 is 0 Å². The highest BCUT2D eigenvalue weighted by Gasteiger charge is 2.41. The van der Waals surface area contributed by atoms with E-state index in [-0.39, 0.29) is 5.41 Å². The number of benzene rings is 1. The molecule has 0 aromatic heterocycles. The van der Waals surface area contributed by atoms with Crippen molar-refractivity contribution < 1.29 is 9.90 Å². The second kappa shape index (κ2) is 3.91. The minimum absolute atomic E-state index is 0.252. The molecule has 1 fully saturated rings. The third-order valence-corrected chi connectivity index (χ3v) is 2.98. The molecule has 1 aliphatic heterocycles. The van der Waals surface area contributed by atoms with Gasteiger partial charge in [0.1, 0.15) is 6.04 Å². The number of hydrogen-bond donors (Lipinski definition) is 1. The summed E-state index contributed by atoms with van der Waals surface area (Å²) in [6, 6.07) is 8.94. The predicted octanol–water partition coefficient (Wildman–Crippen LogP) is 2.15. The molecule has 86 valence electrons. The third kappa shape index (κ3) is 2.09. The highest BCUT2D eigenvalue weighted by Crippen LogP contribution is 2.36. The first kappa shape index (κ1) is 11.1. The number of carboxylic acids is 1. The van der Waals surface area contributed by atoms with Crippen molar-refractivity contribution in [2.75, 3.05) is 13.1 Å². The van der Waals surface area contributed by atoms with Crippen LogP contribution >= 0.6 is 0 Å². The van der Waals surface area contributed by atoms with Crippen LogP contribution in [0.1, 0.15) is 25.5 Å². The van der Waals surface area contributed by atoms with E-state index in [4.69, 9.17) is 0 Å². The Labute approximate surface area is 95.7 Å². The molecule has 3 nitrogen and oxygen atoms in total. The maximum absolute atomic E-state index is 11.3. The van der Waals surface area contributed by atoms with Crippen LogP contribution in [0.25, 0.3) is 0 Å². The summed E-state index contributed by atoms with van der Waals surface area (Å²) < 4.78 is 0. The van der Waals surface area contributed by atoms with Crippen molar-refractivity contribution in [1.82, 2.24) is 4.90 Å². The van der Waals surface area contributed by atoms with Gasteiger partial charge in [-0.3, -0.25) is 9.69 Å². The van der Waals surface area contributed by atoms with Crippen LogP contribution in [0.3, 0.4) is 0 Å². The first-order chi connectivity index (χ1) is 7.49. The molecule has 0 aliphatic carbocycles. The van der Waals surface area contributed by atoms with Gasteiger partial charge in [-0.25, -0.2) is 0 Å².